The molecular weight excluding hydrogens is 346 g/mol. The molecule has 134 valence electrons. The Morgan fingerprint density at radius 2 is 2.16 bits per heavy atom. The van der Waals surface area contributed by atoms with Crippen molar-refractivity contribution >= 4 is 21.6 Å². The number of nitrogens with zero attached hydrogens (tertiary/aromatic N) is 1. The lowest BCUT2D eigenvalue weighted by Crippen LogP contribution is -2.20. The first-order valence-corrected chi connectivity index (χ1v) is 9.17. The first-order chi connectivity index (χ1) is 11.8. The molecule has 8 nitrogen and oxygen atoms in total. The summed E-state index contributed by atoms with van der Waals surface area (Å²) in [6, 6.07) is 6.21. The fraction of sp³-hybridized carbons (Fsp3) is 0.312. The van der Waals surface area contributed by atoms with Crippen LogP contribution in [0.1, 0.15) is 28.6 Å². The van der Waals surface area contributed by atoms with E-state index in [1.165, 1.54) is 23.9 Å². The highest BCUT2D eigenvalue weighted by atomic mass is 32.2. The van der Waals surface area contributed by atoms with E-state index in [-0.39, 0.29) is 22.2 Å². The van der Waals surface area contributed by atoms with Crippen LogP contribution in [0.4, 0.5) is 5.69 Å². The zero-order valence-corrected chi connectivity index (χ0v) is 14.6. The lowest BCUT2D eigenvalue weighted by molar-refractivity contribution is 0.0955. The molecule has 25 heavy (non-hydrogen) atoms. The Kier molecular flexibility index (Phi) is 4.44. The van der Waals surface area contributed by atoms with Gasteiger partial charge in [0.25, 0.3) is 15.9 Å². The van der Waals surface area contributed by atoms with Crippen molar-refractivity contribution in [3.8, 4) is 5.75 Å². The summed E-state index contributed by atoms with van der Waals surface area (Å²) in [4.78, 5) is 11.7. The fourth-order valence-electron chi connectivity index (χ4n) is 2.73. The minimum atomic E-state index is -3.92. The van der Waals surface area contributed by atoms with Gasteiger partial charge in [-0.2, -0.15) is 0 Å². The van der Waals surface area contributed by atoms with Crippen LogP contribution in [-0.2, 0) is 17.1 Å². The predicted octanol–water partition coefficient (Wildman–Crippen LogP) is 1.00. The minimum absolute atomic E-state index is 0.0393. The Morgan fingerprint density at radius 1 is 1.40 bits per heavy atom. The number of aliphatic hydroxyl groups excluding tert-OH is 1. The number of aromatic nitrogens is 1. The topological polar surface area (TPSA) is 110 Å². The van der Waals surface area contributed by atoms with E-state index in [4.69, 9.17) is 4.74 Å². The van der Waals surface area contributed by atoms with Gasteiger partial charge in [-0.1, -0.05) is 12.1 Å². The van der Waals surface area contributed by atoms with Crippen molar-refractivity contribution in [3.05, 3.63) is 41.7 Å². The van der Waals surface area contributed by atoms with Gasteiger partial charge in [0.1, 0.15) is 16.3 Å². The molecule has 1 amide bonds. The number of nitrogens with one attached hydrogen (secondary N) is 2. The third kappa shape index (κ3) is 3.20. The molecule has 0 aliphatic carbocycles. The number of benzene rings is 1. The molecule has 9 heteroatoms. The van der Waals surface area contributed by atoms with Crippen LogP contribution in [0.15, 0.2) is 35.4 Å². The van der Waals surface area contributed by atoms with Crippen LogP contribution in [0.3, 0.4) is 0 Å². The molecule has 1 aliphatic rings. The molecule has 1 atom stereocenters. The molecule has 0 radical (unpaired) electrons. The van der Waals surface area contributed by atoms with Crippen molar-refractivity contribution in [2.45, 2.75) is 17.4 Å². The lowest BCUT2D eigenvalue weighted by Gasteiger charge is -2.24. The van der Waals surface area contributed by atoms with Gasteiger partial charge in [-0.25, -0.2) is 8.42 Å². The van der Waals surface area contributed by atoms with Gasteiger partial charge >= 0.3 is 0 Å². The van der Waals surface area contributed by atoms with Gasteiger partial charge in [0, 0.05) is 32.3 Å². The molecule has 2 aromatic rings. The summed E-state index contributed by atoms with van der Waals surface area (Å²) in [6.45, 7) is 0.305. The molecule has 0 fully saturated rings. The van der Waals surface area contributed by atoms with Gasteiger partial charge in [-0.05, 0) is 12.1 Å². The molecule has 0 bridgehead atoms. The first kappa shape index (κ1) is 17.3. The number of aliphatic hydroxyl groups is 1. The lowest BCUT2D eigenvalue weighted by atomic mass is 10.0. The van der Waals surface area contributed by atoms with Gasteiger partial charge in [0.2, 0.25) is 0 Å². The van der Waals surface area contributed by atoms with Gasteiger partial charge in [-0.15, -0.1) is 0 Å². The molecule has 1 unspecified atom stereocenters. The fourth-order valence-corrected chi connectivity index (χ4v) is 3.86. The van der Waals surface area contributed by atoms with Crippen LogP contribution < -0.4 is 14.8 Å². The number of ether oxygens (including phenoxy) is 1. The Bertz CT molecular complexity index is 920. The van der Waals surface area contributed by atoms with Crippen molar-refractivity contribution < 1.29 is 23.1 Å². The molecule has 2 heterocycles. The van der Waals surface area contributed by atoms with Gasteiger partial charge in [-0.3, -0.25) is 9.52 Å². The highest BCUT2D eigenvalue weighted by molar-refractivity contribution is 7.92. The number of aryl methyl sites for hydroxylation is 1. The quantitative estimate of drug-likeness (QED) is 0.749. The highest BCUT2D eigenvalue weighted by Gasteiger charge is 2.26. The monoisotopic (exact) mass is 365 g/mol. The van der Waals surface area contributed by atoms with E-state index in [9.17, 15) is 18.3 Å². The van der Waals surface area contributed by atoms with Crippen molar-refractivity contribution in [3.63, 3.8) is 0 Å². The Labute approximate surface area is 145 Å². The van der Waals surface area contributed by atoms with Gasteiger partial charge in [0.05, 0.1) is 18.4 Å². The number of carbonyl (C=O) groups is 1. The van der Waals surface area contributed by atoms with Crippen LogP contribution in [0.5, 0.6) is 5.75 Å². The summed E-state index contributed by atoms with van der Waals surface area (Å²) >= 11 is 0. The third-order valence-electron chi connectivity index (χ3n) is 4.04. The molecule has 0 saturated heterocycles. The smallest absolute Gasteiger partial charge is 0.267 e. The largest absolute Gasteiger partial charge is 0.491 e. The maximum atomic E-state index is 12.7. The Morgan fingerprint density at radius 3 is 2.88 bits per heavy atom. The van der Waals surface area contributed by atoms with Crippen molar-refractivity contribution in [2.75, 3.05) is 18.4 Å². The second-order valence-corrected chi connectivity index (χ2v) is 7.42. The van der Waals surface area contributed by atoms with Crippen molar-refractivity contribution in [2.24, 2.45) is 7.05 Å². The van der Waals surface area contributed by atoms with Crippen LogP contribution in [0.2, 0.25) is 0 Å². The summed E-state index contributed by atoms with van der Waals surface area (Å²) in [5.41, 5.74) is 1.02. The number of rotatable bonds is 4. The zero-order valence-electron chi connectivity index (χ0n) is 13.8. The third-order valence-corrected chi connectivity index (χ3v) is 5.37. The number of fused-ring (bicyclic) bond motifs is 1. The summed E-state index contributed by atoms with van der Waals surface area (Å²) < 4.78 is 34.8. The summed E-state index contributed by atoms with van der Waals surface area (Å²) in [6.07, 6.45) is 1.12. The average molecular weight is 365 g/mol. The standard InChI is InChI=1S/C16H19N3O5S/c1-17-16(21)13-8-10(9-19(13)2)25(22,23)18-12-5-3-4-11-14(20)6-7-24-15(11)12/h3-5,8-9,14,18,20H,6-7H2,1-2H3,(H,17,21). The SMILES string of the molecule is CNC(=O)c1cc(S(=O)(=O)Nc2cccc3c2OCCC3O)cn1C. The maximum absolute atomic E-state index is 12.7. The Balaban J connectivity index is 1.96. The van der Waals surface area contributed by atoms with E-state index >= 15 is 0 Å². The summed E-state index contributed by atoms with van der Waals surface area (Å²) in [7, 11) is -0.857. The zero-order chi connectivity index (χ0) is 18.2. The second-order valence-electron chi connectivity index (χ2n) is 5.73. The second kappa shape index (κ2) is 6.41. The summed E-state index contributed by atoms with van der Waals surface area (Å²) in [5, 5.41) is 12.5. The van der Waals surface area contributed by atoms with Crippen LogP contribution in [-0.4, -0.2) is 37.7 Å². The summed E-state index contributed by atoms with van der Waals surface area (Å²) in [5.74, 6) is -0.0558. The molecule has 0 spiro atoms. The number of carbonyl (C=O) groups excluding carboxylic acids is 1. The van der Waals surface area contributed by atoms with Crippen LogP contribution in [0.25, 0.3) is 0 Å². The predicted molar refractivity (Wildman–Crippen MR) is 91.1 cm³/mol. The average Bonchev–Trinajstić information content (AvgIpc) is 2.98. The number of hydrogen-bond acceptors (Lipinski definition) is 5. The van der Waals surface area contributed by atoms with Crippen molar-refractivity contribution in [1.29, 1.82) is 0 Å². The molecular formula is C16H19N3O5S. The highest BCUT2D eigenvalue weighted by Crippen LogP contribution is 2.38. The van der Waals surface area contributed by atoms with E-state index < -0.39 is 16.1 Å². The maximum Gasteiger partial charge on any atom is 0.267 e. The number of anilines is 1. The molecule has 1 aromatic heterocycles. The molecule has 1 aliphatic heterocycles. The molecule has 3 rings (SSSR count). The van der Waals surface area contributed by atoms with Crippen LogP contribution >= 0.6 is 0 Å². The number of amides is 1. The normalized spacial score (nSPS) is 16.7. The van der Waals surface area contributed by atoms with E-state index in [0.29, 0.717) is 24.3 Å². The first-order valence-electron chi connectivity index (χ1n) is 7.68. The van der Waals surface area contributed by atoms with E-state index in [2.05, 4.69) is 10.0 Å². The molecule has 3 N–H and O–H groups in total. The molecule has 1 aromatic carbocycles. The van der Waals surface area contributed by atoms with Gasteiger partial charge < -0.3 is 19.7 Å². The van der Waals surface area contributed by atoms with Gasteiger partial charge in [0.15, 0.2) is 0 Å². The minimum Gasteiger partial charge on any atom is -0.491 e. The van der Waals surface area contributed by atoms with E-state index in [0.717, 1.165) is 0 Å². The number of para-hydroxylation sites is 1. The van der Waals surface area contributed by atoms with E-state index in [1.807, 2.05) is 0 Å². The Hall–Kier alpha value is -2.52. The van der Waals surface area contributed by atoms with E-state index in [1.54, 1.807) is 25.2 Å². The number of hydrogen-bond donors (Lipinski definition) is 3. The van der Waals surface area contributed by atoms with Crippen LogP contribution in [0, 0.1) is 0 Å². The van der Waals surface area contributed by atoms with Crippen molar-refractivity contribution in [1.82, 2.24) is 9.88 Å². The molecule has 0 saturated carbocycles. The number of sulfonamides is 1.